The van der Waals surface area contributed by atoms with Crippen molar-refractivity contribution in [1.82, 2.24) is 0 Å². The van der Waals surface area contributed by atoms with Crippen LogP contribution in [0.5, 0.6) is 0 Å². The lowest BCUT2D eigenvalue weighted by molar-refractivity contribution is -0.683. The second-order valence-electron chi connectivity index (χ2n) is 21.9. The van der Waals surface area contributed by atoms with E-state index in [9.17, 15) is 28.8 Å². The molecule has 0 unspecified atom stereocenters. The van der Waals surface area contributed by atoms with E-state index in [1.807, 2.05) is 357 Å². The van der Waals surface area contributed by atoms with Gasteiger partial charge in [-0.3, -0.25) is 43.4 Å². The summed E-state index contributed by atoms with van der Waals surface area (Å²) in [4.78, 5) is 74.1. The van der Waals surface area contributed by atoms with E-state index in [1.54, 1.807) is 0 Å². The summed E-state index contributed by atoms with van der Waals surface area (Å²) in [6.07, 6.45) is 23.0. The van der Waals surface area contributed by atoms with Crippen LogP contribution in [0, 0.1) is 0 Å². The molecule has 0 aliphatic carbocycles. The van der Waals surface area contributed by atoms with Gasteiger partial charge >= 0.3 is 0 Å². The molecule has 0 saturated heterocycles. The molecule has 0 N–H and O–H groups in total. The summed E-state index contributed by atoms with van der Waals surface area (Å²) < 4.78 is 11.3. The lowest BCUT2D eigenvalue weighted by atomic mass is 10.1. The molecule has 0 spiro atoms. The number of carbonyl (C=O) groups is 6. The van der Waals surface area contributed by atoms with Gasteiger partial charge in [0.1, 0.15) is 0 Å². The van der Waals surface area contributed by atoms with Crippen molar-refractivity contribution < 1.29 is 86.3 Å². The van der Waals surface area contributed by atoms with Crippen LogP contribution in [0.25, 0.3) is 33.4 Å². The van der Waals surface area contributed by atoms with Gasteiger partial charge in [-0.25, -0.2) is 0 Å². The zero-order chi connectivity index (χ0) is 69.4. The van der Waals surface area contributed by atoms with Crippen LogP contribution in [-0.2, 0) is 39.3 Å². The van der Waals surface area contributed by atoms with Crippen LogP contribution in [0.3, 0.4) is 0 Å². The summed E-state index contributed by atoms with van der Waals surface area (Å²) in [7, 11) is -5.83. The highest BCUT2D eigenvalue weighted by Crippen LogP contribution is 2.19. The third kappa shape index (κ3) is 23.9. The quantitative estimate of drug-likeness (QED) is 0.0571. The van der Waals surface area contributed by atoms with Crippen molar-refractivity contribution in [2.24, 2.45) is 0 Å². The van der Waals surface area contributed by atoms with Crippen LogP contribution >= 0.6 is 0 Å². The lowest BCUT2D eigenvalue weighted by Gasteiger charge is -2.35. The van der Waals surface area contributed by atoms with Crippen molar-refractivity contribution in [2.45, 2.75) is 39.3 Å². The normalized spacial score (nSPS) is 10.2. The van der Waals surface area contributed by atoms with Crippen LogP contribution < -0.4 is 57.5 Å². The van der Waals surface area contributed by atoms with Gasteiger partial charge in [-0.1, -0.05) is 182 Å². The number of benzene rings is 6. The second-order valence-corrected chi connectivity index (χ2v) is 21.9. The first kappa shape index (κ1) is 72.0. The van der Waals surface area contributed by atoms with Crippen molar-refractivity contribution >= 4 is 49.3 Å². The highest BCUT2D eigenvalue weighted by atomic mass is 16.5. The van der Waals surface area contributed by atoms with Crippen molar-refractivity contribution in [3.63, 3.8) is 0 Å². The van der Waals surface area contributed by atoms with Crippen molar-refractivity contribution in [3.05, 3.63) is 363 Å². The largest absolute Gasteiger partial charge is 0.907 e. The molecular formula is C78H66B2N6O12. The summed E-state index contributed by atoms with van der Waals surface area (Å²) in [5.74, 6) is 0.484. The Hall–Kier alpha value is -11.9. The van der Waals surface area contributed by atoms with Gasteiger partial charge in [-0.15, -0.1) is 0 Å². The Labute approximate surface area is 568 Å². The molecular weight excluding hydrogens is 1230 g/mol. The SMILES string of the molecule is O=C(C[n+]1ccc(-c2cc[n+](CC(=O)c3ccccc3)cc2)cc1)c1ccccc1.O=C(C[n+]1ccc(-c2cc[n+](CC(=O)c3ccccc3)cc2)cc1)c1ccccc1.O=C(C[n+]1ccc(-c2cc[n+](CC(=O)c3ccccc3)cc2)cc1)c1ccccc1.[O-]B([O-])[O-].[O-]B([O-])[O-]. The van der Waals surface area contributed by atoms with E-state index < -0.39 is 14.6 Å². The van der Waals surface area contributed by atoms with Gasteiger partial charge in [0.2, 0.25) is 74.0 Å². The predicted octanol–water partition coefficient (Wildman–Crippen LogP) is 3.19. The fourth-order valence-corrected chi connectivity index (χ4v) is 9.82. The van der Waals surface area contributed by atoms with E-state index in [0.29, 0.717) is 72.6 Å². The molecule has 20 heteroatoms. The molecule has 0 bridgehead atoms. The molecule has 6 aromatic carbocycles. The minimum atomic E-state index is -2.92. The highest BCUT2D eigenvalue weighted by Gasteiger charge is 2.18. The van der Waals surface area contributed by atoms with Crippen LogP contribution in [0.15, 0.2) is 329 Å². The maximum atomic E-state index is 12.3. The Morgan fingerprint density at radius 1 is 0.194 bits per heavy atom. The molecule has 12 aromatic rings. The number of Topliss-reactive ketones (excluding diaryl/α,β-unsaturated/α-hetero) is 6. The van der Waals surface area contributed by atoms with Crippen LogP contribution in [0.2, 0.25) is 0 Å². The molecule has 18 nitrogen and oxygen atoms in total. The van der Waals surface area contributed by atoms with Crippen molar-refractivity contribution in [3.8, 4) is 33.4 Å². The fraction of sp³-hybridized carbons (Fsp3) is 0.0769. The Morgan fingerprint density at radius 2 is 0.296 bits per heavy atom. The maximum Gasteiger partial charge on any atom is 0.227 e. The topological polar surface area (TPSA) is 264 Å². The molecule has 0 fully saturated rings. The molecule has 0 radical (unpaired) electrons. The number of hydrogen-bond donors (Lipinski definition) is 0. The number of carbonyl (C=O) groups excluding carboxylic acids is 6. The first-order valence-electron chi connectivity index (χ1n) is 30.9. The minimum absolute atomic E-state index is 0.0807. The average Bonchev–Trinajstić information content (AvgIpc) is 0.881. The molecule has 0 amide bonds. The lowest BCUT2D eigenvalue weighted by Crippen LogP contribution is -2.56. The summed E-state index contributed by atoms with van der Waals surface area (Å²) in [6.45, 7) is 1.84. The number of ketones is 6. The van der Waals surface area contributed by atoms with E-state index in [0.717, 1.165) is 33.4 Å². The molecule has 0 aliphatic rings. The molecule has 0 atom stereocenters. The number of nitrogens with zero attached hydrogens (tertiary/aromatic N) is 6. The van der Waals surface area contributed by atoms with Gasteiger partial charge in [-0.2, -0.15) is 27.4 Å². The van der Waals surface area contributed by atoms with Crippen molar-refractivity contribution in [2.75, 3.05) is 0 Å². The number of rotatable bonds is 21. The molecule has 6 aromatic heterocycles. The smallest absolute Gasteiger partial charge is 0.227 e. The first-order valence-corrected chi connectivity index (χ1v) is 30.9. The third-order valence-corrected chi connectivity index (χ3v) is 14.9. The Bertz CT molecular complexity index is 3710. The number of pyridine rings is 6. The highest BCUT2D eigenvalue weighted by molar-refractivity contribution is 6.24. The average molecular weight is 1300 g/mol. The van der Waals surface area contributed by atoms with Crippen molar-refractivity contribution in [1.29, 1.82) is 0 Å². The summed E-state index contributed by atoms with van der Waals surface area (Å²) in [6, 6.07) is 79.8. The van der Waals surface area contributed by atoms with E-state index in [-0.39, 0.29) is 34.7 Å². The van der Waals surface area contributed by atoms with Gasteiger partial charge in [0.05, 0.1) is 0 Å². The fourth-order valence-electron chi connectivity index (χ4n) is 9.82. The Kier molecular flexibility index (Phi) is 27.8. The van der Waals surface area contributed by atoms with E-state index in [4.69, 9.17) is 30.1 Å². The van der Waals surface area contributed by atoms with E-state index >= 15 is 0 Å². The minimum Gasteiger partial charge on any atom is -0.907 e. The first-order chi connectivity index (χ1) is 47.5. The van der Waals surface area contributed by atoms with E-state index in [1.165, 1.54) is 0 Å². The van der Waals surface area contributed by atoms with Crippen LogP contribution in [0.1, 0.15) is 62.1 Å². The van der Waals surface area contributed by atoms with Gasteiger partial charge < -0.3 is 30.1 Å². The zero-order valence-electron chi connectivity index (χ0n) is 53.2. The third-order valence-electron chi connectivity index (χ3n) is 14.9. The van der Waals surface area contributed by atoms with Gasteiger partial charge in [0.15, 0.2) is 74.4 Å². The second kappa shape index (κ2) is 37.9. The summed E-state index contributed by atoms with van der Waals surface area (Å²) in [5.41, 5.74) is 10.6. The molecule has 98 heavy (non-hydrogen) atoms. The van der Waals surface area contributed by atoms with Gasteiger partial charge in [-0.05, 0) is 33.4 Å². The zero-order valence-corrected chi connectivity index (χ0v) is 53.2. The molecule has 0 saturated carbocycles. The Morgan fingerprint density at radius 3 is 0.398 bits per heavy atom. The number of aromatic nitrogens is 6. The summed E-state index contributed by atoms with van der Waals surface area (Å²) >= 11 is 0. The predicted molar refractivity (Wildman–Crippen MR) is 353 cm³/mol. The number of hydrogen-bond acceptors (Lipinski definition) is 12. The molecule has 6 heterocycles. The monoisotopic (exact) mass is 1300 g/mol. The molecule has 12 rings (SSSR count). The molecule has 0 aliphatic heterocycles. The van der Waals surface area contributed by atoms with Crippen LogP contribution in [0.4, 0.5) is 0 Å². The Balaban J connectivity index is 0.000000177. The van der Waals surface area contributed by atoms with Gasteiger partial charge in [0.25, 0.3) is 0 Å². The van der Waals surface area contributed by atoms with Crippen LogP contribution in [-0.4, -0.2) is 49.3 Å². The maximum absolute atomic E-state index is 12.3. The van der Waals surface area contributed by atoms with E-state index in [2.05, 4.69) is 0 Å². The van der Waals surface area contributed by atoms with Gasteiger partial charge in [0, 0.05) is 106 Å². The summed E-state index contributed by atoms with van der Waals surface area (Å²) in [5, 5.41) is 50.5. The standard InChI is InChI=1S/3C26H22N2O2.2BO3/c3*29-25(23-7-3-1-4-8-23)19-27-15-11-21(12-16-27)22-13-17-28(18-14-22)20-26(30)24-9-5-2-6-10-24;2*2-1(3)4/h3*1-18H,19-20H2;;/q3*+2;2*-3. The molecule has 486 valence electrons.